The van der Waals surface area contributed by atoms with E-state index in [0.29, 0.717) is 16.8 Å². The summed E-state index contributed by atoms with van der Waals surface area (Å²) in [6, 6.07) is 9.91. The number of rotatable bonds is 9. The van der Waals surface area contributed by atoms with Gasteiger partial charge in [0.1, 0.15) is 5.75 Å². The normalized spacial score (nSPS) is 21.0. The molecule has 0 bridgehead atoms. The molecule has 15 heteroatoms. The number of phenols is 1. The number of anilines is 1. The number of phenolic OH excluding ortho intramolecular Hbond substituents is 1. The lowest BCUT2D eigenvalue weighted by molar-refractivity contribution is -0.143. The molecule has 0 saturated carbocycles. The van der Waals surface area contributed by atoms with Crippen LogP contribution >= 0.6 is 11.6 Å². The first-order valence-electron chi connectivity index (χ1n) is 14.9. The number of hydrogen-bond donors (Lipinski definition) is 4. The summed E-state index contributed by atoms with van der Waals surface area (Å²) >= 11 is 6.30. The number of nitrogens with zero attached hydrogens (tertiary/aromatic N) is 2. The second kappa shape index (κ2) is 13.9. The molecule has 4 N–H and O–H groups in total. The number of aromatic nitrogens is 1. The fourth-order valence-electron chi connectivity index (χ4n) is 6.52. The summed E-state index contributed by atoms with van der Waals surface area (Å²) in [6.45, 7) is -1.53. The van der Waals surface area contributed by atoms with Crippen LogP contribution < -0.4 is 4.90 Å². The molecular weight excluding hydrogens is 682 g/mol. The van der Waals surface area contributed by atoms with E-state index in [9.17, 15) is 56.4 Å². The Morgan fingerprint density at radius 2 is 1.65 bits per heavy atom. The monoisotopic (exact) mass is 710 g/mol. The van der Waals surface area contributed by atoms with Crippen LogP contribution in [0.15, 0.2) is 71.9 Å². The van der Waals surface area contributed by atoms with Crippen molar-refractivity contribution < 1.29 is 56.4 Å². The first-order chi connectivity index (χ1) is 23.0. The van der Waals surface area contributed by atoms with Crippen LogP contribution in [0.1, 0.15) is 41.6 Å². The molecular formula is C34H29ClF6N2O6. The molecule has 2 heterocycles. The maximum Gasteiger partial charge on any atom is 0.416 e. The highest BCUT2D eigenvalue weighted by Crippen LogP contribution is 2.48. The summed E-state index contributed by atoms with van der Waals surface area (Å²) in [6.07, 6.45) is -8.90. The number of carbonyl (C=O) groups is 2. The first kappa shape index (κ1) is 36.1. The molecule has 260 valence electrons. The highest BCUT2D eigenvalue weighted by atomic mass is 35.5. The summed E-state index contributed by atoms with van der Waals surface area (Å²) in [5.41, 5.74) is -2.58. The number of hydrogen-bond acceptors (Lipinski definition) is 7. The van der Waals surface area contributed by atoms with Crippen LogP contribution in [0.5, 0.6) is 5.75 Å². The standard InChI is InChI=1S/C34H29ClF6N2O6/c35-26-14-23(46)6-4-17(26)9-18(27-3-1-2-8-42-27)5-7-28(47)29-19(15-44)10-24-30(25(29)16-45)32(49)43(31(24)48)22-12-20(33(36,37)38)11-21(13-22)34(39,40)41/h1-4,6,8-9,11-14,24-25,28,30,44-47H,5,7,10,15-16H2/b18-9-/t24-,25+,28-,30-/m1/s1. The van der Waals surface area contributed by atoms with Gasteiger partial charge in [-0.05, 0) is 96.2 Å². The van der Waals surface area contributed by atoms with Crippen LogP contribution in [-0.2, 0) is 21.9 Å². The molecule has 0 unspecified atom stereocenters. The van der Waals surface area contributed by atoms with Gasteiger partial charge in [-0.2, -0.15) is 26.3 Å². The number of alkyl halides is 6. The minimum Gasteiger partial charge on any atom is -0.508 e. The third-order valence-electron chi connectivity index (χ3n) is 8.76. The average molecular weight is 711 g/mol. The van der Waals surface area contributed by atoms with Crippen LogP contribution in [-0.4, -0.2) is 56.5 Å². The van der Waals surface area contributed by atoms with Gasteiger partial charge < -0.3 is 20.4 Å². The van der Waals surface area contributed by atoms with Gasteiger partial charge in [-0.15, -0.1) is 0 Å². The number of halogens is 7. The van der Waals surface area contributed by atoms with Crippen molar-refractivity contribution in [3.63, 3.8) is 0 Å². The molecule has 3 aromatic rings. The zero-order valence-corrected chi connectivity index (χ0v) is 26.1. The van der Waals surface area contributed by atoms with Crippen molar-refractivity contribution in [3.05, 3.63) is 99.3 Å². The number of aromatic hydroxyl groups is 1. The van der Waals surface area contributed by atoms with E-state index in [1.807, 2.05) is 0 Å². The molecule has 1 saturated heterocycles. The number of benzene rings is 2. The molecule has 4 atom stereocenters. The number of allylic oxidation sites excluding steroid dienone is 1. The predicted octanol–water partition coefficient (Wildman–Crippen LogP) is 6.27. The molecule has 2 amide bonds. The number of amides is 2. The molecule has 49 heavy (non-hydrogen) atoms. The summed E-state index contributed by atoms with van der Waals surface area (Å²) < 4.78 is 81.5. The second-order valence-electron chi connectivity index (χ2n) is 11.8. The van der Waals surface area contributed by atoms with Gasteiger partial charge in [-0.3, -0.25) is 14.6 Å². The Labute approximate surface area is 280 Å². The fourth-order valence-corrected chi connectivity index (χ4v) is 6.75. The van der Waals surface area contributed by atoms with E-state index in [4.69, 9.17) is 11.6 Å². The Kier molecular flexibility index (Phi) is 10.3. The third kappa shape index (κ3) is 7.37. The van der Waals surface area contributed by atoms with Crippen molar-refractivity contribution in [1.82, 2.24) is 4.98 Å². The van der Waals surface area contributed by atoms with E-state index in [1.165, 1.54) is 12.1 Å². The van der Waals surface area contributed by atoms with Crippen molar-refractivity contribution in [2.45, 2.75) is 37.7 Å². The van der Waals surface area contributed by atoms with Gasteiger partial charge in [0.15, 0.2) is 0 Å². The lowest BCUT2D eigenvalue weighted by Gasteiger charge is -2.36. The molecule has 1 aliphatic heterocycles. The smallest absolute Gasteiger partial charge is 0.416 e. The Bertz CT molecular complexity index is 1780. The SMILES string of the molecule is O=C1[C@@H]2[C@@H](CC(CO)=C([C@H](O)CC/C(=C/c3ccc(O)cc3Cl)c3ccccn3)[C@@H]2CO)C(=O)N1c1cc(C(F)(F)F)cc(C(F)(F)F)c1. The molecule has 0 radical (unpaired) electrons. The molecule has 0 spiro atoms. The topological polar surface area (TPSA) is 131 Å². The number of imide groups is 1. The Morgan fingerprint density at radius 3 is 2.20 bits per heavy atom. The van der Waals surface area contributed by atoms with Gasteiger partial charge in [0.2, 0.25) is 11.8 Å². The second-order valence-corrected chi connectivity index (χ2v) is 12.2. The largest absolute Gasteiger partial charge is 0.508 e. The number of aliphatic hydroxyl groups excluding tert-OH is 3. The van der Waals surface area contributed by atoms with Crippen molar-refractivity contribution in [2.24, 2.45) is 17.8 Å². The third-order valence-corrected chi connectivity index (χ3v) is 9.08. The number of pyridine rings is 1. The molecule has 1 fully saturated rings. The molecule has 8 nitrogen and oxygen atoms in total. The zero-order chi connectivity index (χ0) is 35.8. The number of aliphatic hydroxyl groups is 3. The van der Waals surface area contributed by atoms with Gasteiger partial charge in [-0.25, -0.2) is 4.90 Å². The van der Waals surface area contributed by atoms with Gasteiger partial charge >= 0.3 is 12.4 Å². The molecule has 1 aromatic heterocycles. The zero-order valence-electron chi connectivity index (χ0n) is 25.3. The maximum atomic E-state index is 13.7. The van der Waals surface area contributed by atoms with Crippen molar-refractivity contribution in [2.75, 3.05) is 18.1 Å². The lowest BCUT2D eigenvalue weighted by Crippen LogP contribution is -2.39. The van der Waals surface area contributed by atoms with Crippen LogP contribution in [0.2, 0.25) is 5.02 Å². The molecule has 2 aromatic carbocycles. The predicted molar refractivity (Wildman–Crippen MR) is 166 cm³/mol. The van der Waals surface area contributed by atoms with Crippen LogP contribution in [0, 0.1) is 17.8 Å². The quantitative estimate of drug-likeness (QED) is 0.117. The summed E-state index contributed by atoms with van der Waals surface area (Å²) in [7, 11) is 0. The van der Waals surface area contributed by atoms with Gasteiger partial charge in [0, 0.05) is 12.1 Å². The summed E-state index contributed by atoms with van der Waals surface area (Å²) in [5, 5.41) is 42.2. The summed E-state index contributed by atoms with van der Waals surface area (Å²) in [5.74, 6) is -6.35. The highest BCUT2D eigenvalue weighted by molar-refractivity contribution is 6.32. The van der Waals surface area contributed by atoms with E-state index in [1.54, 1.807) is 36.5 Å². The van der Waals surface area contributed by atoms with E-state index in [0.717, 1.165) is 0 Å². The molecule has 5 rings (SSSR count). The van der Waals surface area contributed by atoms with Crippen molar-refractivity contribution in [3.8, 4) is 5.75 Å². The first-order valence-corrected chi connectivity index (χ1v) is 15.3. The minimum atomic E-state index is -5.23. The van der Waals surface area contributed by atoms with Crippen molar-refractivity contribution in [1.29, 1.82) is 0 Å². The highest BCUT2D eigenvalue weighted by Gasteiger charge is 2.55. The van der Waals surface area contributed by atoms with Crippen molar-refractivity contribution >= 4 is 40.8 Å². The lowest BCUT2D eigenvalue weighted by atomic mass is 9.68. The Morgan fingerprint density at radius 1 is 0.980 bits per heavy atom. The van der Waals surface area contributed by atoms with Gasteiger partial charge in [0.05, 0.1) is 58.7 Å². The van der Waals surface area contributed by atoms with E-state index in [-0.39, 0.29) is 64.3 Å². The molecule has 2 aliphatic rings. The fraction of sp³-hybridized carbons (Fsp3) is 0.324. The van der Waals surface area contributed by atoms with Gasteiger partial charge in [-0.1, -0.05) is 17.7 Å². The molecule has 1 aliphatic carbocycles. The van der Waals surface area contributed by atoms with E-state index < -0.39 is 78.1 Å². The minimum absolute atomic E-state index is 0.0531. The van der Waals surface area contributed by atoms with Gasteiger partial charge in [0.25, 0.3) is 0 Å². The Balaban J connectivity index is 1.47. The van der Waals surface area contributed by atoms with E-state index in [2.05, 4.69) is 4.98 Å². The summed E-state index contributed by atoms with van der Waals surface area (Å²) in [4.78, 5) is 31.9. The maximum absolute atomic E-state index is 13.7. The Hall–Kier alpha value is -4.24. The van der Waals surface area contributed by atoms with E-state index >= 15 is 0 Å². The van der Waals surface area contributed by atoms with Crippen LogP contribution in [0.4, 0.5) is 32.0 Å². The number of carbonyl (C=O) groups excluding carboxylic acids is 2. The average Bonchev–Trinajstić information content (AvgIpc) is 3.30. The van der Waals surface area contributed by atoms with Crippen LogP contribution in [0.25, 0.3) is 11.6 Å². The number of fused-ring (bicyclic) bond motifs is 1. The van der Waals surface area contributed by atoms with Crippen LogP contribution in [0.3, 0.4) is 0 Å².